The number of carbonyl (C=O) groups is 2. The van der Waals surface area contributed by atoms with Crippen LogP contribution < -0.4 is 0 Å². The van der Waals surface area contributed by atoms with Gasteiger partial charge in [-0.15, -0.1) is 0 Å². The molecule has 2 N–H and O–H groups in total. The van der Waals surface area contributed by atoms with Crippen LogP contribution in [0, 0.1) is 23.2 Å². The zero-order valence-corrected chi connectivity index (χ0v) is 38.2. The van der Waals surface area contributed by atoms with E-state index < -0.39 is 28.2 Å². The van der Waals surface area contributed by atoms with E-state index in [-0.39, 0.29) is 70.9 Å². The predicted octanol–water partition coefficient (Wildman–Crippen LogP) is 11.5. The highest BCUT2D eigenvalue weighted by molar-refractivity contribution is 6.74. The lowest BCUT2D eigenvalue weighted by Crippen LogP contribution is -2.49. The molecule has 3 rings (SSSR count). The van der Waals surface area contributed by atoms with E-state index in [1.165, 1.54) is 11.1 Å². The molecule has 3 saturated carbocycles. The second-order valence-electron chi connectivity index (χ2n) is 20.9. The molecule has 0 aromatic carbocycles. The number of hydrogen-bond donors (Lipinski definition) is 2. The number of rotatable bonds is 15. The first-order chi connectivity index (χ1) is 24.1. The van der Waals surface area contributed by atoms with Crippen LogP contribution in [0.2, 0.25) is 36.3 Å². The fourth-order valence-corrected chi connectivity index (χ4v) is 11.5. The molecular weight excluding hydrogens is 697 g/mol. The number of aliphatic carboxylic acids is 1. The summed E-state index contributed by atoms with van der Waals surface area (Å²) < 4.78 is 20.5. The molecule has 0 bridgehead atoms. The van der Waals surface area contributed by atoms with Gasteiger partial charge in [-0.3, -0.25) is 9.59 Å². The third-order valence-electron chi connectivity index (χ3n) is 13.9. The number of carbonyl (C=O) groups excluding carboxylic acids is 1. The van der Waals surface area contributed by atoms with Crippen LogP contribution in [0.3, 0.4) is 0 Å². The van der Waals surface area contributed by atoms with Gasteiger partial charge in [-0.2, -0.15) is 0 Å². The normalized spacial score (nSPS) is 29.7. The second kappa shape index (κ2) is 17.3. The van der Waals surface area contributed by atoms with Crippen LogP contribution in [0.25, 0.3) is 0 Å². The first kappa shape index (κ1) is 45.9. The van der Waals surface area contributed by atoms with E-state index in [1.807, 2.05) is 13.8 Å². The lowest BCUT2D eigenvalue weighted by molar-refractivity contribution is -0.153. The lowest BCUT2D eigenvalue weighted by atomic mass is 9.60. The van der Waals surface area contributed by atoms with Gasteiger partial charge in [0, 0.05) is 25.2 Å². The van der Waals surface area contributed by atoms with Crippen LogP contribution in [-0.2, 0) is 23.2 Å². The van der Waals surface area contributed by atoms with Crippen molar-refractivity contribution in [2.24, 2.45) is 23.2 Å². The Morgan fingerprint density at radius 2 is 1.55 bits per heavy atom. The van der Waals surface area contributed by atoms with E-state index in [4.69, 9.17) is 18.7 Å². The number of allylic oxidation sites excluding steroid dienone is 3. The molecule has 0 spiro atoms. The minimum atomic E-state index is -2.08. The minimum absolute atomic E-state index is 0.0335. The average molecular weight is 775 g/mol. The Morgan fingerprint density at radius 1 is 0.943 bits per heavy atom. The van der Waals surface area contributed by atoms with E-state index in [0.717, 1.165) is 63.4 Å². The monoisotopic (exact) mass is 775 g/mol. The molecule has 0 aromatic rings. The van der Waals surface area contributed by atoms with Gasteiger partial charge < -0.3 is 23.8 Å². The summed E-state index contributed by atoms with van der Waals surface area (Å²) in [6.07, 6.45) is 13.1. The van der Waals surface area contributed by atoms with Gasteiger partial charge in [0.15, 0.2) is 16.6 Å². The minimum Gasteiger partial charge on any atom is -0.481 e. The summed E-state index contributed by atoms with van der Waals surface area (Å²) in [5, 5.41) is 19.7. The fraction of sp³-hybridized carbons (Fsp3) is 0.818. The summed E-state index contributed by atoms with van der Waals surface area (Å²) in [5.41, 5.74) is 2.98. The molecule has 0 aromatic heterocycles. The van der Waals surface area contributed by atoms with Gasteiger partial charge in [0.25, 0.3) is 0 Å². The molecule has 0 amide bonds. The van der Waals surface area contributed by atoms with Gasteiger partial charge in [-0.05, 0) is 123 Å². The highest BCUT2D eigenvalue weighted by Crippen LogP contribution is 2.61. The molecule has 3 aliphatic rings. The average Bonchev–Trinajstić information content (AvgIpc) is 3.27. The van der Waals surface area contributed by atoms with Crippen LogP contribution in [-0.4, -0.2) is 62.7 Å². The maximum atomic E-state index is 13.1. The molecule has 3 aliphatic carbocycles. The number of aliphatic hydroxyl groups is 1. The molecule has 304 valence electrons. The third kappa shape index (κ3) is 12.0. The number of esters is 1. The zero-order chi connectivity index (χ0) is 40.4. The van der Waals surface area contributed by atoms with Crippen molar-refractivity contribution >= 4 is 28.6 Å². The molecule has 7 nitrogen and oxygen atoms in total. The number of ether oxygens (including phenoxy) is 1. The predicted molar refractivity (Wildman–Crippen MR) is 223 cm³/mol. The highest BCUT2D eigenvalue weighted by atomic mass is 28.4. The van der Waals surface area contributed by atoms with Crippen molar-refractivity contribution in [3.8, 4) is 0 Å². The molecule has 7 atom stereocenters. The molecule has 0 heterocycles. The Bertz CT molecular complexity index is 1360. The Labute approximate surface area is 326 Å². The first-order valence-electron chi connectivity index (χ1n) is 20.7. The molecule has 0 saturated heterocycles. The Kier molecular flexibility index (Phi) is 15.0. The Balaban J connectivity index is 1.98. The van der Waals surface area contributed by atoms with Gasteiger partial charge in [0.1, 0.15) is 6.10 Å². The summed E-state index contributed by atoms with van der Waals surface area (Å²) in [6, 6.07) is 0. The number of carboxylic acids is 1. The maximum Gasteiger partial charge on any atom is 0.306 e. The van der Waals surface area contributed by atoms with Crippen molar-refractivity contribution in [3.05, 3.63) is 35.5 Å². The standard InChI is InChI=1S/C44H78O7Si2/c1-30(19-17-25-43(9,10)48)40-37(49-39(47)22-16-21-38(45)46)29-35-32(20-18-26-44(35,40)11)23-24-33-27-34(50-52(12,13)41(3,4)5)28-36(31(33)2)51-53(14,15)42(6,7)8/h23-24,30,34-37,40,48H,2,16-22,25-29H2,1,3-15H3,(H,45,46)/b32-23+,33-24-/t30-,34+,35-,36-,37+,40-,44-/m0/s1. The largest absolute Gasteiger partial charge is 0.481 e. The van der Waals surface area contributed by atoms with E-state index in [9.17, 15) is 14.7 Å². The van der Waals surface area contributed by atoms with Crippen LogP contribution in [0.1, 0.15) is 146 Å². The first-order valence-corrected chi connectivity index (χ1v) is 26.5. The van der Waals surface area contributed by atoms with E-state index in [2.05, 4.69) is 100 Å². The molecular formula is C44H78O7Si2. The Hall–Kier alpha value is -1.53. The van der Waals surface area contributed by atoms with Crippen LogP contribution in [0.4, 0.5) is 0 Å². The van der Waals surface area contributed by atoms with Crippen molar-refractivity contribution in [3.63, 3.8) is 0 Å². The number of carboxylic acid groups (broad SMARTS) is 1. The molecule has 0 aliphatic heterocycles. The van der Waals surface area contributed by atoms with Gasteiger partial charge in [-0.1, -0.05) is 92.5 Å². The van der Waals surface area contributed by atoms with Crippen molar-refractivity contribution in [1.82, 2.24) is 0 Å². The molecule has 9 heteroatoms. The van der Waals surface area contributed by atoms with Gasteiger partial charge in [0.05, 0.1) is 17.8 Å². The topological polar surface area (TPSA) is 102 Å². The van der Waals surface area contributed by atoms with Gasteiger partial charge in [-0.25, -0.2) is 0 Å². The second-order valence-corrected chi connectivity index (χ2v) is 30.4. The van der Waals surface area contributed by atoms with Crippen LogP contribution in [0.15, 0.2) is 35.5 Å². The zero-order valence-electron chi connectivity index (χ0n) is 36.2. The van der Waals surface area contributed by atoms with Crippen LogP contribution in [0.5, 0.6) is 0 Å². The quantitative estimate of drug-likeness (QED) is 0.126. The summed E-state index contributed by atoms with van der Waals surface area (Å²) in [4.78, 5) is 24.3. The van der Waals surface area contributed by atoms with Crippen molar-refractivity contribution in [2.75, 3.05) is 0 Å². The third-order valence-corrected chi connectivity index (χ3v) is 22.9. The Morgan fingerprint density at radius 3 is 2.11 bits per heavy atom. The summed E-state index contributed by atoms with van der Waals surface area (Å²) in [6.45, 7) is 36.2. The SMILES string of the molecule is C=C1/C(=C\C=C2/CCC[C@]3(C)[C@@H]([C@@H](C)CCCC(C)(C)O)[C@H](OC(=O)CCCC(=O)O)C[C@@H]23)C[C@@H](O[Si](C)(C)C(C)(C)C)C[C@@H]1O[Si](C)(C)C(C)(C)C. The van der Waals surface area contributed by atoms with E-state index in [0.29, 0.717) is 5.92 Å². The number of fused-ring (bicyclic) bond motifs is 1. The lowest BCUT2D eigenvalue weighted by Gasteiger charge is -2.46. The fourth-order valence-electron chi connectivity index (χ4n) is 8.82. The maximum absolute atomic E-state index is 13.1. The number of hydrogen-bond acceptors (Lipinski definition) is 6. The van der Waals surface area contributed by atoms with Crippen LogP contribution >= 0.6 is 0 Å². The molecule has 3 fully saturated rings. The van der Waals surface area contributed by atoms with E-state index >= 15 is 0 Å². The molecule has 0 unspecified atom stereocenters. The summed E-state index contributed by atoms with van der Waals surface area (Å²) in [5.74, 6) is -0.415. The molecule has 53 heavy (non-hydrogen) atoms. The molecule has 0 radical (unpaired) electrons. The summed E-state index contributed by atoms with van der Waals surface area (Å²) >= 11 is 0. The van der Waals surface area contributed by atoms with Gasteiger partial charge >= 0.3 is 11.9 Å². The van der Waals surface area contributed by atoms with Crippen molar-refractivity contribution in [2.45, 2.75) is 206 Å². The van der Waals surface area contributed by atoms with Gasteiger partial charge in [0.2, 0.25) is 0 Å². The van der Waals surface area contributed by atoms with Crippen molar-refractivity contribution < 1.29 is 33.4 Å². The highest BCUT2D eigenvalue weighted by Gasteiger charge is 2.57. The van der Waals surface area contributed by atoms with E-state index in [1.54, 1.807) is 0 Å². The summed E-state index contributed by atoms with van der Waals surface area (Å²) in [7, 11) is -4.10. The van der Waals surface area contributed by atoms with Crippen molar-refractivity contribution in [1.29, 1.82) is 0 Å². The smallest absolute Gasteiger partial charge is 0.306 e.